The molecule has 1 N–H and O–H groups in total. The Bertz CT molecular complexity index is 809. The van der Waals surface area contributed by atoms with E-state index in [-0.39, 0.29) is 18.4 Å². The van der Waals surface area contributed by atoms with Crippen molar-refractivity contribution in [1.82, 2.24) is 15.2 Å². The van der Waals surface area contributed by atoms with Gasteiger partial charge in [-0.15, -0.1) is 11.3 Å². The molecule has 25 heavy (non-hydrogen) atoms. The Morgan fingerprint density at radius 1 is 1.20 bits per heavy atom. The second-order valence-electron chi connectivity index (χ2n) is 6.29. The van der Waals surface area contributed by atoms with Crippen LogP contribution in [0.25, 0.3) is 0 Å². The minimum atomic E-state index is -0.855. The fourth-order valence-electron chi connectivity index (χ4n) is 2.95. The van der Waals surface area contributed by atoms with E-state index in [1.54, 1.807) is 24.3 Å². The monoisotopic (exact) mass is 357 g/mol. The molecular formula is C18H19N3O3S. The highest BCUT2D eigenvalue weighted by Crippen LogP contribution is 2.27. The summed E-state index contributed by atoms with van der Waals surface area (Å²) in [6.45, 7) is 5.81. The molecule has 0 bridgehead atoms. The highest BCUT2D eigenvalue weighted by molar-refractivity contribution is 7.09. The average Bonchev–Trinajstić information content (AvgIpc) is 3.10. The quantitative estimate of drug-likeness (QED) is 0.834. The molecule has 7 heteroatoms. The number of nitrogens with zero attached hydrogens (tertiary/aromatic N) is 2. The normalized spacial score (nSPS) is 14.8. The third-order valence-electron chi connectivity index (χ3n) is 4.11. The highest BCUT2D eigenvalue weighted by atomic mass is 32.1. The van der Waals surface area contributed by atoms with Gasteiger partial charge in [0.2, 0.25) is 5.91 Å². The maximum atomic E-state index is 12.7. The largest absolute Gasteiger partial charge is 0.349 e. The van der Waals surface area contributed by atoms with Gasteiger partial charge in [0.25, 0.3) is 11.8 Å². The Hall–Kier alpha value is -2.54. The molecule has 6 nitrogen and oxygen atoms in total. The van der Waals surface area contributed by atoms with E-state index < -0.39 is 17.9 Å². The predicted molar refractivity (Wildman–Crippen MR) is 94.3 cm³/mol. The van der Waals surface area contributed by atoms with Crippen LogP contribution in [0.4, 0.5) is 0 Å². The van der Waals surface area contributed by atoms with Gasteiger partial charge in [0.1, 0.15) is 6.04 Å². The summed E-state index contributed by atoms with van der Waals surface area (Å²) in [7, 11) is 0. The molecule has 0 spiro atoms. The molecular weight excluding hydrogens is 338 g/mol. The Morgan fingerprint density at radius 3 is 2.28 bits per heavy atom. The van der Waals surface area contributed by atoms with Crippen molar-refractivity contribution >= 4 is 29.1 Å². The van der Waals surface area contributed by atoms with Crippen LogP contribution in [0.1, 0.15) is 45.3 Å². The second kappa shape index (κ2) is 6.76. The van der Waals surface area contributed by atoms with Crippen LogP contribution in [0.3, 0.4) is 0 Å². The van der Waals surface area contributed by atoms with Gasteiger partial charge in [-0.1, -0.05) is 26.0 Å². The van der Waals surface area contributed by atoms with Gasteiger partial charge >= 0.3 is 0 Å². The Balaban J connectivity index is 1.81. The van der Waals surface area contributed by atoms with Crippen molar-refractivity contribution in [2.75, 3.05) is 0 Å². The lowest BCUT2D eigenvalue weighted by Gasteiger charge is -2.28. The summed E-state index contributed by atoms with van der Waals surface area (Å²) in [4.78, 5) is 43.4. The molecule has 0 saturated carbocycles. The summed E-state index contributed by atoms with van der Waals surface area (Å²) in [5, 5.41) is 5.60. The number of hydrogen-bond acceptors (Lipinski definition) is 5. The van der Waals surface area contributed by atoms with Gasteiger partial charge in [-0.2, -0.15) is 0 Å². The molecule has 3 rings (SSSR count). The van der Waals surface area contributed by atoms with Crippen LogP contribution in [0.15, 0.2) is 29.6 Å². The second-order valence-corrected chi connectivity index (χ2v) is 7.35. The third-order valence-corrected chi connectivity index (χ3v) is 4.94. The predicted octanol–water partition coefficient (Wildman–Crippen LogP) is 2.39. The van der Waals surface area contributed by atoms with Gasteiger partial charge in [-0.3, -0.25) is 19.3 Å². The maximum Gasteiger partial charge on any atom is 0.262 e. The number of carbonyl (C=O) groups excluding carboxylic acids is 3. The Kier molecular flexibility index (Phi) is 4.67. The first kappa shape index (κ1) is 17.3. The van der Waals surface area contributed by atoms with Gasteiger partial charge < -0.3 is 5.32 Å². The smallest absolute Gasteiger partial charge is 0.262 e. The van der Waals surface area contributed by atoms with Crippen molar-refractivity contribution in [3.8, 4) is 0 Å². The summed E-state index contributed by atoms with van der Waals surface area (Å²) in [5.41, 5.74) is 1.46. The van der Waals surface area contributed by atoms with Gasteiger partial charge in [0.05, 0.1) is 28.4 Å². The number of amides is 3. The first-order valence-corrected chi connectivity index (χ1v) is 8.93. The van der Waals surface area contributed by atoms with Crippen LogP contribution in [-0.4, -0.2) is 33.6 Å². The molecule has 1 aliphatic heterocycles. The third kappa shape index (κ3) is 3.19. The summed E-state index contributed by atoms with van der Waals surface area (Å²) in [6.07, 6.45) is 0. The zero-order valence-corrected chi connectivity index (χ0v) is 15.1. The lowest BCUT2D eigenvalue weighted by molar-refractivity contribution is -0.126. The molecule has 3 amide bonds. The van der Waals surface area contributed by atoms with Crippen molar-refractivity contribution < 1.29 is 14.4 Å². The molecule has 0 aliphatic carbocycles. The maximum absolute atomic E-state index is 12.7. The van der Waals surface area contributed by atoms with Crippen LogP contribution in [-0.2, 0) is 11.3 Å². The summed E-state index contributed by atoms with van der Waals surface area (Å²) < 4.78 is 0. The number of thiazole rings is 1. The van der Waals surface area contributed by atoms with E-state index in [4.69, 9.17) is 0 Å². The number of aromatic nitrogens is 1. The van der Waals surface area contributed by atoms with Crippen LogP contribution >= 0.6 is 11.3 Å². The standard InChI is InChI=1S/C18H19N3O3S/c1-10(2)15(16(22)19-8-12-9-25-11(3)20-12)21-17(23)13-6-4-5-7-14(13)18(21)24/h4-7,9-10,15H,8H2,1-3H3,(H,19,22). The Labute approximate surface area is 149 Å². The Morgan fingerprint density at radius 2 is 1.80 bits per heavy atom. The van der Waals surface area contributed by atoms with Crippen molar-refractivity contribution in [1.29, 1.82) is 0 Å². The van der Waals surface area contributed by atoms with Gasteiger partial charge in [0, 0.05) is 5.38 Å². The number of imide groups is 1. The van der Waals surface area contributed by atoms with Gasteiger partial charge in [-0.05, 0) is 25.0 Å². The van der Waals surface area contributed by atoms with Crippen LogP contribution in [0.5, 0.6) is 0 Å². The molecule has 1 aliphatic rings. The molecule has 1 atom stereocenters. The zero-order valence-electron chi connectivity index (χ0n) is 14.3. The topological polar surface area (TPSA) is 79.4 Å². The van der Waals surface area contributed by atoms with Gasteiger partial charge in [-0.25, -0.2) is 4.98 Å². The molecule has 2 heterocycles. The molecule has 130 valence electrons. The van der Waals surface area contributed by atoms with E-state index in [0.717, 1.165) is 15.6 Å². The molecule has 2 aromatic rings. The van der Waals surface area contributed by atoms with E-state index in [1.165, 1.54) is 11.3 Å². The van der Waals surface area contributed by atoms with E-state index in [9.17, 15) is 14.4 Å². The lowest BCUT2D eigenvalue weighted by Crippen LogP contribution is -2.52. The number of fused-ring (bicyclic) bond motifs is 1. The van der Waals surface area contributed by atoms with Gasteiger partial charge in [0.15, 0.2) is 0 Å². The van der Waals surface area contributed by atoms with Crippen molar-refractivity contribution in [3.63, 3.8) is 0 Å². The molecule has 1 unspecified atom stereocenters. The minimum absolute atomic E-state index is 0.209. The summed E-state index contributed by atoms with van der Waals surface area (Å²) in [5.74, 6) is -1.40. The number of nitrogens with one attached hydrogen (secondary N) is 1. The van der Waals surface area contributed by atoms with Crippen LogP contribution in [0.2, 0.25) is 0 Å². The fourth-order valence-corrected chi connectivity index (χ4v) is 3.56. The molecule has 1 aromatic heterocycles. The van der Waals surface area contributed by atoms with Crippen LogP contribution < -0.4 is 5.32 Å². The first-order chi connectivity index (χ1) is 11.9. The zero-order chi connectivity index (χ0) is 18.1. The van der Waals surface area contributed by atoms with E-state index in [0.29, 0.717) is 11.1 Å². The number of hydrogen-bond donors (Lipinski definition) is 1. The fraction of sp³-hybridized carbons (Fsp3) is 0.333. The number of rotatable bonds is 5. The minimum Gasteiger partial charge on any atom is -0.349 e. The van der Waals surface area contributed by atoms with E-state index in [2.05, 4.69) is 10.3 Å². The first-order valence-electron chi connectivity index (χ1n) is 8.05. The molecule has 0 fully saturated rings. The number of benzene rings is 1. The summed E-state index contributed by atoms with van der Waals surface area (Å²) >= 11 is 1.51. The van der Waals surface area contributed by atoms with Crippen molar-refractivity contribution in [2.45, 2.75) is 33.4 Å². The summed E-state index contributed by atoms with van der Waals surface area (Å²) in [6, 6.07) is 5.80. The van der Waals surface area contributed by atoms with E-state index in [1.807, 2.05) is 26.2 Å². The number of carbonyl (C=O) groups is 3. The average molecular weight is 357 g/mol. The molecule has 0 radical (unpaired) electrons. The van der Waals surface area contributed by atoms with Crippen molar-refractivity contribution in [3.05, 3.63) is 51.5 Å². The molecule has 0 saturated heterocycles. The highest BCUT2D eigenvalue weighted by Gasteiger charge is 2.43. The van der Waals surface area contributed by atoms with Crippen LogP contribution in [0, 0.1) is 12.8 Å². The van der Waals surface area contributed by atoms with Crippen molar-refractivity contribution in [2.24, 2.45) is 5.92 Å². The SMILES string of the molecule is Cc1nc(CNC(=O)C(C(C)C)N2C(=O)c3ccccc3C2=O)cs1. The number of aryl methyl sites for hydroxylation is 1. The lowest BCUT2D eigenvalue weighted by atomic mass is 10.0. The van der Waals surface area contributed by atoms with E-state index >= 15 is 0 Å². The molecule has 1 aromatic carbocycles.